The van der Waals surface area contributed by atoms with Crippen molar-refractivity contribution < 1.29 is 49.5 Å². The van der Waals surface area contributed by atoms with Gasteiger partial charge in [-0.05, 0) is 115 Å². The third kappa shape index (κ3) is 8.06. The fraction of sp³-hybridized carbons (Fsp3) is 0.324. The van der Waals surface area contributed by atoms with Crippen LogP contribution in [0.15, 0.2) is 24.3 Å². The van der Waals surface area contributed by atoms with E-state index in [9.17, 15) is 49.5 Å². The molecular weight excluding hydrogens is 660 g/mol. The Bertz CT molecular complexity index is 2220. The van der Waals surface area contributed by atoms with Crippen molar-refractivity contribution in [2.75, 3.05) is 0 Å². The Hall–Kier alpha value is -6.05. The smallest absolute Gasteiger partial charge is 0.307 e. The van der Waals surface area contributed by atoms with Crippen LogP contribution in [0.5, 0.6) is 0 Å². The quantitative estimate of drug-likeness (QED) is 0.104. The van der Waals surface area contributed by atoms with Crippen LogP contribution in [0.1, 0.15) is 97.4 Å². The minimum Gasteiger partial charge on any atom is -0.481 e. The molecule has 5 rings (SSSR count). The van der Waals surface area contributed by atoms with E-state index in [-0.39, 0.29) is 51.4 Å². The summed E-state index contributed by atoms with van der Waals surface area (Å²) in [6.45, 7) is 5.45. The van der Waals surface area contributed by atoms with Gasteiger partial charge in [0, 0.05) is 47.8 Å². The zero-order valence-corrected chi connectivity index (χ0v) is 28.3. The summed E-state index contributed by atoms with van der Waals surface area (Å²) in [6, 6.07) is 6.90. The summed E-state index contributed by atoms with van der Waals surface area (Å²) in [7, 11) is 0. The van der Waals surface area contributed by atoms with E-state index in [4.69, 9.17) is 9.97 Å². The summed E-state index contributed by atoms with van der Waals surface area (Å²) in [5, 5.41) is 48.1. The van der Waals surface area contributed by atoms with Gasteiger partial charge in [-0.3, -0.25) is 24.0 Å². The number of aryl methyl sites for hydroxylation is 3. The lowest BCUT2D eigenvalue weighted by Gasteiger charge is -2.04. The van der Waals surface area contributed by atoms with Crippen LogP contribution in [0, 0.1) is 6.92 Å². The predicted octanol–water partition coefficient (Wildman–Crippen LogP) is 5.88. The van der Waals surface area contributed by atoms with Gasteiger partial charge >= 0.3 is 29.8 Å². The van der Waals surface area contributed by atoms with Crippen molar-refractivity contribution in [3.8, 4) is 0 Å². The summed E-state index contributed by atoms with van der Waals surface area (Å²) in [4.78, 5) is 75.2. The van der Waals surface area contributed by atoms with Gasteiger partial charge in [-0.1, -0.05) is 0 Å². The van der Waals surface area contributed by atoms with Crippen LogP contribution < -0.4 is 0 Å². The summed E-state index contributed by atoms with van der Waals surface area (Å²) in [6.07, 6.45) is -0.727. The van der Waals surface area contributed by atoms with Crippen LogP contribution in [0.4, 0.5) is 0 Å². The number of carboxylic acid groups (broad SMARTS) is 5. The number of nitrogens with one attached hydrogen (secondary N) is 2. The van der Waals surface area contributed by atoms with Gasteiger partial charge in [0.05, 0.1) is 29.2 Å². The Kier molecular flexibility index (Phi) is 10.5. The Morgan fingerprint density at radius 2 is 0.902 bits per heavy atom. The van der Waals surface area contributed by atoms with Gasteiger partial charge in [0.1, 0.15) is 0 Å². The van der Waals surface area contributed by atoms with E-state index in [0.29, 0.717) is 78.3 Å². The highest BCUT2D eigenvalue weighted by atomic mass is 16.4. The standard InChI is InChI=1S/C37H38N4O10/c1-17-20(4-8-33(42)43)28-14-26-19(3)22(6-10-35(46)47)30(40-26)16-31-23(7-11-36(48)49)24(12-37(50)51)32(41-31)15-27-18(2)21(5-9-34(44)45)29(39-27)13-25(17)38-28/h13-16,40-41H,4-12H2,1-3H3,(H,42,43)(H,44,45)(H,46,47)(H,48,49)(H,50,51). The molecule has 2 aliphatic rings. The second-order valence-corrected chi connectivity index (χ2v) is 12.7. The second-order valence-electron chi connectivity index (χ2n) is 12.7. The third-order valence-corrected chi connectivity index (χ3v) is 9.32. The fourth-order valence-electron chi connectivity index (χ4n) is 6.66. The van der Waals surface area contributed by atoms with Crippen molar-refractivity contribution in [3.63, 3.8) is 0 Å². The van der Waals surface area contributed by atoms with E-state index >= 15 is 0 Å². The number of H-pyrrole nitrogens is 2. The summed E-state index contributed by atoms with van der Waals surface area (Å²) >= 11 is 0. The maximum Gasteiger partial charge on any atom is 0.307 e. The van der Waals surface area contributed by atoms with Gasteiger partial charge in [0.15, 0.2) is 0 Å². The van der Waals surface area contributed by atoms with E-state index in [1.165, 1.54) is 0 Å². The topological polar surface area (TPSA) is 244 Å². The average Bonchev–Trinajstić information content (AvgIpc) is 3.70. The molecule has 0 saturated carbocycles. The lowest BCUT2D eigenvalue weighted by atomic mass is 9.98. The van der Waals surface area contributed by atoms with Crippen molar-refractivity contribution in [1.29, 1.82) is 0 Å². The zero-order valence-electron chi connectivity index (χ0n) is 28.3. The second kappa shape index (κ2) is 14.8. The molecule has 0 aliphatic carbocycles. The number of nitrogens with zero attached hydrogens (tertiary/aromatic N) is 2. The minimum absolute atomic E-state index is 0.000299. The van der Waals surface area contributed by atoms with Crippen LogP contribution >= 0.6 is 0 Å². The van der Waals surface area contributed by atoms with E-state index < -0.39 is 36.3 Å². The van der Waals surface area contributed by atoms with Crippen LogP contribution in [-0.4, -0.2) is 75.3 Å². The average molecular weight is 699 g/mol. The SMILES string of the molecule is CC1=C(CCC(=O)O)c2cc3nc(cc4[nH]c(cc5[nH]c(cc1n2)c(CC(=O)O)c5CCC(=O)O)c(CCC(=O)O)c4C)C(CCC(=O)O)=C3C. The highest BCUT2D eigenvalue weighted by Gasteiger charge is 2.24. The van der Waals surface area contributed by atoms with E-state index in [2.05, 4.69) is 9.97 Å². The molecule has 14 heteroatoms. The van der Waals surface area contributed by atoms with Gasteiger partial charge in [-0.25, -0.2) is 9.97 Å². The van der Waals surface area contributed by atoms with E-state index in [1.807, 2.05) is 13.8 Å². The van der Waals surface area contributed by atoms with Gasteiger partial charge in [0.25, 0.3) is 0 Å². The van der Waals surface area contributed by atoms with Crippen LogP contribution in [0.3, 0.4) is 0 Å². The molecule has 0 amide bonds. The Morgan fingerprint density at radius 3 is 1.43 bits per heavy atom. The Labute approximate surface area is 291 Å². The molecule has 8 bridgehead atoms. The largest absolute Gasteiger partial charge is 0.481 e. The van der Waals surface area contributed by atoms with Gasteiger partial charge in [-0.15, -0.1) is 0 Å². The van der Waals surface area contributed by atoms with Gasteiger partial charge < -0.3 is 35.5 Å². The number of hydrogen-bond acceptors (Lipinski definition) is 7. The number of aromatic nitrogens is 4. The monoisotopic (exact) mass is 698 g/mol. The summed E-state index contributed by atoms with van der Waals surface area (Å²) < 4.78 is 0. The maximum absolute atomic E-state index is 12.2. The van der Waals surface area contributed by atoms with Gasteiger partial charge in [0.2, 0.25) is 0 Å². The highest BCUT2D eigenvalue weighted by Crippen LogP contribution is 2.38. The predicted molar refractivity (Wildman–Crippen MR) is 188 cm³/mol. The first-order chi connectivity index (χ1) is 24.1. The van der Waals surface area contributed by atoms with Crippen molar-refractivity contribution in [1.82, 2.24) is 19.9 Å². The normalized spacial score (nSPS) is 12.8. The van der Waals surface area contributed by atoms with Crippen LogP contribution in [0.2, 0.25) is 0 Å². The maximum atomic E-state index is 12.2. The number of rotatable bonds is 14. The molecule has 3 aromatic rings. The van der Waals surface area contributed by atoms with Crippen molar-refractivity contribution in [3.05, 3.63) is 69.3 Å². The number of aromatic amines is 2. The lowest BCUT2D eigenvalue weighted by Crippen LogP contribution is -2.04. The molecule has 2 aliphatic heterocycles. The van der Waals surface area contributed by atoms with Crippen molar-refractivity contribution in [2.45, 2.75) is 78.6 Å². The molecule has 0 unspecified atom stereocenters. The zero-order chi connectivity index (χ0) is 37.1. The molecule has 0 fully saturated rings. The van der Waals surface area contributed by atoms with Gasteiger partial charge in [-0.2, -0.15) is 0 Å². The molecule has 14 nitrogen and oxygen atoms in total. The molecule has 0 saturated heterocycles. The molecule has 0 atom stereocenters. The summed E-state index contributed by atoms with van der Waals surface area (Å²) in [5.74, 6) is -5.19. The molecular formula is C37H38N4O10. The van der Waals surface area contributed by atoms with E-state index in [0.717, 1.165) is 11.1 Å². The molecule has 5 heterocycles. The van der Waals surface area contributed by atoms with Crippen LogP contribution in [-0.2, 0) is 43.2 Å². The first kappa shape index (κ1) is 36.2. The Morgan fingerprint density at radius 1 is 0.490 bits per heavy atom. The van der Waals surface area contributed by atoms with Crippen LogP contribution in [0.25, 0.3) is 44.4 Å². The number of fused-ring (bicyclic) bond motifs is 8. The number of carbonyl (C=O) groups is 5. The molecule has 51 heavy (non-hydrogen) atoms. The Balaban J connectivity index is 1.96. The number of allylic oxidation sites excluding steroid dienone is 4. The van der Waals surface area contributed by atoms with Crippen molar-refractivity contribution >= 4 is 74.2 Å². The number of hydrogen-bond donors (Lipinski definition) is 7. The molecule has 266 valence electrons. The molecule has 3 aromatic heterocycles. The first-order valence-electron chi connectivity index (χ1n) is 16.4. The molecule has 0 aromatic carbocycles. The summed E-state index contributed by atoms with van der Waals surface area (Å²) in [5.41, 5.74) is 8.86. The molecule has 0 spiro atoms. The lowest BCUT2D eigenvalue weighted by molar-refractivity contribution is -0.138. The fourth-order valence-corrected chi connectivity index (χ4v) is 6.66. The minimum atomic E-state index is -1.14. The number of aliphatic carboxylic acids is 5. The number of carboxylic acids is 5. The van der Waals surface area contributed by atoms with Crippen molar-refractivity contribution in [2.24, 2.45) is 0 Å². The molecule has 7 N–H and O–H groups in total. The highest BCUT2D eigenvalue weighted by molar-refractivity contribution is 5.96. The third-order valence-electron chi connectivity index (χ3n) is 9.32. The van der Waals surface area contributed by atoms with E-state index in [1.54, 1.807) is 31.2 Å². The molecule has 0 radical (unpaired) electrons. The first-order valence-corrected chi connectivity index (χ1v) is 16.4.